The Balaban J connectivity index is 2.56. The van der Waals surface area contributed by atoms with Gasteiger partial charge < -0.3 is 4.90 Å². The van der Waals surface area contributed by atoms with E-state index < -0.39 is 0 Å². The molecule has 0 aliphatic heterocycles. The van der Waals surface area contributed by atoms with Gasteiger partial charge in [-0.2, -0.15) is 30.1 Å². The monoisotopic (exact) mass is 247 g/mol. The molecule has 0 atom stereocenters. The minimum atomic E-state index is 0.0584. The fourth-order valence-electron chi connectivity index (χ4n) is 1.38. The van der Waals surface area contributed by atoms with Crippen LogP contribution in [0, 0.1) is 22.7 Å². The Hall–Kier alpha value is -2.38. The van der Waals surface area contributed by atoms with E-state index in [-0.39, 0.29) is 18.2 Å². The van der Waals surface area contributed by atoms with Crippen LogP contribution in [0.1, 0.15) is 0 Å². The molecule has 17 heavy (non-hydrogen) atoms. The van der Waals surface area contributed by atoms with E-state index in [2.05, 4.69) is 15.1 Å². The van der Waals surface area contributed by atoms with E-state index in [1.807, 2.05) is 12.1 Å². The van der Waals surface area contributed by atoms with Crippen LogP contribution in [0.5, 0.6) is 0 Å². The van der Waals surface area contributed by atoms with Crippen molar-refractivity contribution in [2.45, 2.75) is 0 Å². The van der Waals surface area contributed by atoms with Gasteiger partial charge in [0, 0.05) is 6.07 Å². The predicted molar refractivity (Wildman–Crippen MR) is 59.2 cm³/mol. The smallest absolute Gasteiger partial charge is 0.255 e. The molecule has 0 saturated heterocycles. The molecular formula is C9H6ClN7. The Bertz CT molecular complexity index is 604. The SMILES string of the molecule is N#CCN(CC#N)c1cc(Cl)nc2ncnn12. The van der Waals surface area contributed by atoms with E-state index in [9.17, 15) is 0 Å². The molecule has 0 radical (unpaired) electrons. The molecule has 2 aromatic rings. The lowest BCUT2D eigenvalue weighted by Gasteiger charge is -2.18. The van der Waals surface area contributed by atoms with Gasteiger partial charge in [-0.25, -0.2) is 0 Å². The maximum Gasteiger partial charge on any atom is 0.255 e. The van der Waals surface area contributed by atoms with Gasteiger partial charge in [0.05, 0.1) is 12.1 Å². The number of fused-ring (bicyclic) bond motifs is 1. The Labute approximate surface area is 101 Å². The van der Waals surface area contributed by atoms with Crippen LogP contribution in [-0.4, -0.2) is 32.7 Å². The number of nitriles is 2. The molecule has 0 aliphatic carbocycles. The quantitative estimate of drug-likeness (QED) is 0.583. The first-order valence-electron chi connectivity index (χ1n) is 4.61. The van der Waals surface area contributed by atoms with Crippen LogP contribution in [0.4, 0.5) is 5.82 Å². The summed E-state index contributed by atoms with van der Waals surface area (Å²) in [7, 11) is 0. The molecule has 2 aromatic heterocycles. The zero-order valence-corrected chi connectivity index (χ0v) is 9.33. The Kier molecular flexibility index (Phi) is 3.03. The van der Waals surface area contributed by atoms with Crippen molar-refractivity contribution in [3.05, 3.63) is 17.5 Å². The normalized spacial score (nSPS) is 9.82. The largest absolute Gasteiger partial charge is 0.330 e. The number of rotatable bonds is 3. The molecule has 0 amide bonds. The van der Waals surface area contributed by atoms with Crippen LogP contribution in [0.3, 0.4) is 0 Å². The second kappa shape index (κ2) is 4.64. The first kappa shape index (κ1) is 11.1. The number of hydrogen-bond acceptors (Lipinski definition) is 6. The van der Waals surface area contributed by atoms with E-state index in [0.29, 0.717) is 11.6 Å². The fourth-order valence-corrected chi connectivity index (χ4v) is 1.56. The zero-order valence-electron chi connectivity index (χ0n) is 8.58. The molecule has 0 bridgehead atoms. The highest BCUT2D eigenvalue weighted by atomic mass is 35.5. The predicted octanol–water partition coefficient (Wildman–Crippen LogP) is 0.631. The third-order valence-corrected chi connectivity index (χ3v) is 2.24. The lowest BCUT2D eigenvalue weighted by molar-refractivity contribution is 0.850. The van der Waals surface area contributed by atoms with Crippen molar-refractivity contribution in [3.63, 3.8) is 0 Å². The first-order valence-corrected chi connectivity index (χ1v) is 4.99. The number of halogens is 1. The summed E-state index contributed by atoms with van der Waals surface area (Å²) in [5, 5.41) is 21.6. The van der Waals surface area contributed by atoms with Crippen molar-refractivity contribution >= 4 is 23.2 Å². The van der Waals surface area contributed by atoms with Crippen LogP contribution in [-0.2, 0) is 0 Å². The Morgan fingerprint density at radius 1 is 1.35 bits per heavy atom. The second-order valence-electron chi connectivity index (χ2n) is 3.08. The maximum atomic E-state index is 8.72. The number of hydrogen-bond donors (Lipinski definition) is 0. The van der Waals surface area contributed by atoms with Gasteiger partial charge in [-0.05, 0) is 0 Å². The van der Waals surface area contributed by atoms with Gasteiger partial charge in [-0.3, -0.25) is 0 Å². The molecule has 7 nitrogen and oxygen atoms in total. The van der Waals surface area contributed by atoms with Crippen LogP contribution in [0.15, 0.2) is 12.4 Å². The fraction of sp³-hybridized carbons (Fsp3) is 0.222. The van der Waals surface area contributed by atoms with Crippen molar-refractivity contribution in [1.82, 2.24) is 19.6 Å². The molecule has 0 N–H and O–H groups in total. The summed E-state index contributed by atoms with van der Waals surface area (Å²) in [6.45, 7) is 0.117. The molecular weight excluding hydrogens is 242 g/mol. The van der Waals surface area contributed by atoms with E-state index >= 15 is 0 Å². The lowest BCUT2D eigenvalue weighted by Crippen LogP contribution is -2.26. The highest BCUT2D eigenvalue weighted by Crippen LogP contribution is 2.18. The molecule has 0 saturated carbocycles. The topological polar surface area (TPSA) is 93.9 Å². The van der Waals surface area contributed by atoms with Crippen molar-refractivity contribution < 1.29 is 0 Å². The van der Waals surface area contributed by atoms with Gasteiger partial charge in [-0.1, -0.05) is 11.6 Å². The van der Waals surface area contributed by atoms with E-state index in [0.717, 1.165) is 0 Å². The third kappa shape index (κ3) is 2.10. The lowest BCUT2D eigenvalue weighted by atomic mass is 10.4. The van der Waals surface area contributed by atoms with Gasteiger partial charge in [0.1, 0.15) is 30.4 Å². The number of nitrogens with zero attached hydrogens (tertiary/aromatic N) is 7. The van der Waals surface area contributed by atoms with Crippen LogP contribution < -0.4 is 4.90 Å². The maximum absolute atomic E-state index is 8.72. The zero-order chi connectivity index (χ0) is 12.3. The minimum absolute atomic E-state index is 0.0584. The molecule has 0 aromatic carbocycles. The molecule has 2 rings (SSSR count). The average Bonchev–Trinajstić information content (AvgIpc) is 2.75. The van der Waals surface area contributed by atoms with Crippen molar-refractivity contribution in [3.8, 4) is 12.1 Å². The standard InChI is InChI=1S/C9H6ClN7/c10-7-5-8(16(3-1-11)4-2-12)17-9(15-7)13-6-14-17/h5-6H,3-4H2. The second-order valence-corrected chi connectivity index (χ2v) is 3.47. The van der Waals surface area contributed by atoms with Crippen LogP contribution in [0.2, 0.25) is 5.15 Å². The first-order chi connectivity index (χ1) is 8.26. The van der Waals surface area contributed by atoms with Gasteiger partial charge in [0.15, 0.2) is 0 Å². The van der Waals surface area contributed by atoms with E-state index in [1.165, 1.54) is 21.8 Å². The van der Waals surface area contributed by atoms with Crippen LogP contribution in [0.25, 0.3) is 5.78 Å². The minimum Gasteiger partial charge on any atom is -0.330 e. The van der Waals surface area contributed by atoms with Crippen molar-refractivity contribution in [2.75, 3.05) is 18.0 Å². The molecule has 0 aliphatic rings. The summed E-state index contributed by atoms with van der Waals surface area (Å²) in [6.07, 6.45) is 1.33. The molecule has 0 spiro atoms. The summed E-state index contributed by atoms with van der Waals surface area (Å²) < 4.78 is 1.43. The highest BCUT2D eigenvalue weighted by Gasteiger charge is 2.13. The summed E-state index contributed by atoms with van der Waals surface area (Å²) in [4.78, 5) is 9.40. The highest BCUT2D eigenvalue weighted by molar-refractivity contribution is 6.29. The number of aromatic nitrogens is 4. The van der Waals surface area contributed by atoms with E-state index in [1.54, 1.807) is 0 Å². The summed E-state index contributed by atoms with van der Waals surface area (Å²) in [5.74, 6) is 0.842. The summed E-state index contributed by atoms with van der Waals surface area (Å²) in [5.41, 5.74) is 0. The number of anilines is 1. The van der Waals surface area contributed by atoms with E-state index in [4.69, 9.17) is 22.1 Å². The summed E-state index contributed by atoms with van der Waals surface area (Å²) >= 11 is 5.84. The molecule has 2 heterocycles. The Morgan fingerprint density at radius 2 is 2.06 bits per heavy atom. The van der Waals surface area contributed by atoms with Gasteiger partial charge >= 0.3 is 0 Å². The third-order valence-electron chi connectivity index (χ3n) is 2.05. The molecule has 0 fully saturated rings. The molecule has 8 heteroatoms. The Morgan fingerprint density at radius 3 is 2.71 bits per heavy atom. The summed E-state index contributed by atoms with van der Waals surface area (Å²) in [6, 6.07) is 5.49. The van der Waals surface area contributed by atoms with Crippen molar-refractivity contribution in [1.29, 1.82) is 10.5 Å². The van der Waals surface area contributed by atoms with Gasteiger partial charge in [0.25, 0.3) is 5.78 Å². The molecule has 84 valence electrons. The van der Waals surface area contributed by atoms with Crippen molar-refractivity contribution in [2.24, 2.45) is 0 Å². The van der Waals surface area contributed by atoms with Crippen LogP contribution >= 0.6 is 11.6 Å². The molecule has 0 unspecified atom stereocenters. The average molecular weight is 248 g/mol. The van der Waals surface area contributed by atoms with Gasteiger partial charge in [-0.15, -0.1) is 0 Å². The van der Waals surface area contributed by atoms with Gasteiger partial charge in [0.2, 0.25) is 0 Å².